The molecule has 102 valence electrons. The highest BCUT2D eigenvalue weighted by Crippen LogP contribution is 2.29. The van der Waals surface area contributed by atoms with E-state index in [0.29, 0.717) is 16.1 Å². The van der Waals surface area contributed by atoms with E-state index in [-0.39, 0.29) is 5.41 Å². The van der Waals surface area contributed by atoms with Crippen LogP contribution in [0, 0.1) is 5.41 Å². The molecule has 1 unspecified atom stereocenters. The zero-order valence-electron chi connectivity index (χ0n) is 11.7. The first-order chi connectivity index (χ1) is 8.36. The minimum atomic E-state index is 0.251. The highest BCUT2D eigenvalue weighted by molar-refractivity contribution is 6.42. The second-order valence-corrected chi connectivity index (χ2v) is 6.51. The molecule has 0 bridgehead atoms. The Kier molecular flexibility index (Phi) is 5.97. The average Bonchev–Trinajstić information content (AvgIpc) is 2.28. The average molecular weight is 288 g/mol. The van der Waals surface area contributed by atoms with Crippen molar-refractivity contribution < 1.29 is 0 Å². The molecule has 0 aliphatic heterocycles. The summed E-state index contributed by atoms with van der Waals surface area (Å²) >= 11 is 12.2. The van der Waals surface area contributed by atoms with Gasteiger partial charge in [-0.1, -0.05) is 63.0 Å². The van der Waals surface area contributed by atoms with E-state index >= 15 is 0 Å². The van der Waals surface area contributed by atoms with Crippen molar-refractivity contribution in [2.45, 2.75) is 46.6 Å². The summed E-state index contributed by atoms with van der Waals surface area (Å²) in [4.78, 5) is 0. The molecule has 0 fully saturated rings. The van der Waals surface area contributed by atoms with Gasteiger partial charge in [-0.15, -0.1) is 0 Å². The molecule has 0 saturated carbocycles. The number of hydrogen-bond acceptors (Lipinski definition) is 1. The fourth-order valence-corrected chi connectivity index (χ4v) is 2.54. The lowest BCUT2D eigenvalue weighted by Crippen LogP contribution is -2.40. The highest BCUT2D eigenvalue weighted by Gasteiger charge is 2.23. The molecule has 0 aromatic heterocycles. The molecule has 0 saturated heterocycles. The Balaban J connectivity index is 2.70. The summed E-state index contributed by atoms with van der Waals surface area (Å²) in [6.45, 7) is 9.93. The number of halogens is 2. The Morgan fingerprint density at radius 2 is 1.89 bits per heavy atom. The van der Waals surface area contributed by atoms with E-state index in [1.54, 1.807) is 0 Å². The number of rotatable bonds is 5. The fourth-order valence-electron chi connectivity index (χ4n) is 2.13. The van der Waals surface area contributed by atoms with E-state index < -0.39 is 0 Å². The Bertz CT molecular complexity index is 383. The molecule has 0 radical (unpaired) electrons. The van der Waals surface area contributed by atoms with Crippen LogP contribution < -0.4 is 5.32 Å². The predicted octanol–water partition coefficient (Wildman–Crippen LogP) is 4.95. The van der Waals surface area contributed by atoms with Crippen molar-refractivity contribution in [1.29, 1.82) is 0 Å². The zero-order valence-corrected chi connectivity index (χ0v) is 13.2. The number of nitrogens with one attached hydrogen (secondary N) is 1. The van der Waals surface area contributed by atoms with E-state index in [1.807, 2.05) is 12.1 Å². The van der Waals surface area contributed by atoms with Gasteiger partial charge >= 0.3 is 0 Å². The maximum atomic E-state index is 6.22. The van der Waals surface area contributed by atoms with Crippen LogP contribution in [-0.4, -0.2) is 12.6 Å². The molecular formula is C15H23Cl2N. The maximum absolute atomic E-state index is 6.22. The van der Waals surface area contributed by atoms with Crippen LogP contribution in [0.1, 0.15) is 39.7 Å². The van der Waals surface area contributed by atoms with Crippen LogP contribution >= 0.6 is 23.2 Å². The van der Waals surface area contributed by atoms with Gasteiger partial charge in [-0.2, -0.15) is 0 Å². The minimum absolute atomic E-state index is 0.251. The third-order valence-corrected chi connectivity index (χ3v) is 4.09. The predicted molar refractivity (Wildman–Crippen MR) is 81.7 cm³/mol. The normalized spacial score (nSPS) is 13.7. The van der Waals surface area contributed by atoms with Crippen molar-refractivity contribution in [2.75, 3.05) is 6.54 Å². The van der Waals surface area contributed by atoms with E-state index in [0.717, 1.165) is 24.9 Å². The zero-order chi connectivity index (χ0) is 13.8. The van der Waals surface area contributed by atoms with Crippen LogP contribution in [0.2, 0.25) is 10.0 Å². The van der Waals surface area contributed by atoms with E-state index in [9.17, 15) is 0 Å². The van der Waals surface area contributed by atoms with Crippen LogP contribution in [0.15, 0.2) is 18.2 Å². The van der Waals surface area contributed by atoms with Crippen molar-refractivity contribution in [2.24, 2.45) is 5.41 Å². The summed E-state index contributed by atoms with van der Waals surface area (Å²) < 4.78 is 0. The maximum Gasteiger partial charge on any atom is 0.0624 e. The van der Waals surface area contributed by atoms with E-state index in [1.165, 1.54) is 0 Å². The van der Waals surface area contributed by atoms with Crippen molar-refractivity contribution in [1.82, 2.24) is 5.32 Å². The molecule has 0 aliphatic rings. The Morgan fingerprint density at radius 3 is 2.44 bits per heavy atom. The molecule has 0 amide bonds. The minimum Gasteiger partial charge on any atom is -0.314 e. The molecule has 1 rings (SSSR count). The lowest BCUT2D eigenvalue weighted by atomic mass is 9.83. The van der Waals surface area contributed by atoms with Gasteiger partial charge in [0.25, 0.3) is 0 Å². The topological polar surface area (TPSA) is 12.0 Å². The summed E-state index contributed by atoms with van der Waals surface area (Å²) in [5.74, 6) is 0. The lowest BCUT2D eigenvalue weighted by molar-refractivity contribution is 0.258. The Morgan fingerprint density at radius 1 is 1.22 bits per heavy atom. The van der Waals surface area contributed by atoms with Crippen molar-refractivity contribution in [3.63, 3.8) is 0 Å². The van der Waals surface area contributed by atoms with Gasteiger partial charge in [-0.25, -0.2) is 0 Å². The first-order valence-electron chi connectivity index (χ1n) is 6.52. The first kappa shape index (κ1) is 15.8. The molecule has 1 aromatic carbocycles. The van der Waals surface area contributed by atoms with Gasteiger partial charge in [-0.05, 0) is 36.4 Å². The third-order valence-electron chi connectivity index (χ3n) is 3.23. The van der Waals surface area contributed by atoms with Crippen LogP contribution in [0.4, 0.5) is 0 Å². The molecule has 1 N–H and O–H groups in total. The highest BCUT2D eigenvalue weighted by atomic mass is 35.5. The first-order valence-corrected chi connectivity index (χ1v) is 7.28. The van der Waals surface area contributed by atoms with Gasteiger partial charge in [0.2, 0.25) is 0 Å². The summed E-state index contributed by atoms with van der Waals surface area (Å²) in [7, 11) is 0. The number of benzene rings is 1. The smallest absolute Gasteiger partial charge is 0.0624 e. The fraction of sp³-hybridized carbons (Fsp3) is 0.600. The van der Waals surface area contributed by atoms with Crippen LogP contribution in [-0.2, 0) is 6.42 Å². The summed E-state index contributed by atoms with van der Waals surface area (Å²) in [5.41, 5.74) is 1.39. The molecule has 0 heterocycles. The van der Waals surface area contributed by atoms with Gasteiger partial charge in [-0.3, -0.25) is 0 Å². The SMILES string of the molecule is CCNC(CCc1cccc(Cl)c1Cl)C(C)(C)C. The second-order valence-electron chi connectivity index (χ2n) is 5.73. The number of aryl methyl sites for hydroxylation is 1. The Labute approximate surface area is 121 Å². The largest absolute Gasteiger partial charge is 0.314 e. The molecule has 18 heavy (non-hydrogen) atoms. The molecular weight excluding hydrogens is 265 g/mol. The Hall–Kier alpha value is -0.240. The molecule has 1 atom stereocenters. The summed E-state index contributed by atoms with van der Waals surface area (Å²) in [5, 5.41) is 4.89. The quantitative estimate of drug-likeness (QED) is 0.808. The molecule has 0 aliphatic carbocycles. The third kappa shape index (κ3) is 4.46. The molecule has 1 aromatic rings. The van der Waals surface area contributed by atoms with Crippen molar-refractivity contribution >= 4 is 23.2 Å². The number of hydrogen-bond donors (Lipinski definition) is 1. The molecule has 3 heteroatoms. The van der Waals surface area contributed by atoms with Gasteiger partial charge < -0.3 is 5.32 Å². The van der Waals surface area contributed by atoms with E-state index in [4.69, 9.17) is 23.2 Å². The molecule has 0 spiro atoms. The van der Waals surface area contributed by atoms with Crippen LogP contribution in [0.3, 0.4) is 0 Å². The lowest BCUT2D eigenvalue weighted by Gasteiger charge is -2.31. The van der Waals surface area contributed by atoms with Crippen molar-refractivity contribution in [3.05, 3.63) is 33.8 Å². The van der Waals surface area contributed by atoms with Gasteiger partial charge in [0.15, 0.2) is 0 Å². The summed E-state index contributed by atoms with van der Waals surface area (Å²) in [6, 6.07) is 6.33. The van der Waals surface area contributed by atoms with E-state index in [2.05, 4.69) is 39.1 Å². The van der Waals surface area contributed by atoms with Gasteiger partial charge in [0.05, 0.1) is 10.0 Å². The molecule has 1 nitrogen and oxygen atoms in total. The summed E-state index contributed by atoms with van der Waals surface area (Å²) in [6.07, 6.45) is 2.02. The van der Waals surface area contributed by atoms with Crippen molar-refractivity contribution in [3.8, 4) is 0 Å². The monoisotopic (exact) mass is 287 g/mol. The van der Waals surface area contributed by atoms with Gasteiger partial charge in [0, 0.05) is 6.04 Å². The van der Waals surface area contributed by atoms with Gasteiger partial charge in [0.1, 0.15) is 0 Å². The second kappa shape index (κ2) is 6.79. The van der Waals surface area contributed by atoms with Crippen LogP contribution in [0.25, 0.3) is 0 Å². The standard InChI is InChI=1S/C15H23Cl2N/c1-5-18-13(15(2,3)4)10-9-11-7-6-8-12(16)14(11)17/h6-8,13,18H,5,9-10H2,1-4H3. The van der Waals surface area contributed by atoms with Crippen LogP contribution in [0.5, 0.6) is 0 Å².